The smallest absolute Gasteiger partial charge is 0.249 e. The largest absolute Gasteiger partial charge is 0.368 e. The molecule has 1 atom stereocenters. The van der Waals surface area contributed by atoms with Gasteiger partial charge in [-0.2, -0.15) is 0 Å². The summed E-state index contributed by atoms with van der Waals surface area (Å²) < 4.78 is 5.83. The van der Waals surface area contributed by atoms with E-state index in [4.69, 9.17) is 4.74 Å². The minimum atomic E-state index is 0. The van der Waals surface area contributed by atoms with Crippen LogP contribution >= 0.6 is 12.4 Å². The summed E-state index contributed by atoms with van der Waals surface area (Å²) in [5.41, 5.74) is 2.54. The molecule has 1 saturated carbocycles. The third-order valence-electron chi connectivity index (χ3n) is 5.08. The summed E-state index contributed by atoms with van der Waals surface area (Å²) in [6.45, 7) is 4.83. The van der Waals surface area contributed by atoms with Crippen molar-refractivity contribution in [2.24, 2.45) is 0 Å². The number of benzene rings is 1. The van der Waals surface area contributed by atoms with Crippen LogP contribution in [-0.2, 0) is 16.0 Å². The maximum Gasteiger partial charge on any atom is 0.249 e. The van der Waals surface area contributed by atoms with Crippen molar-refractivity contribution in [3.05, 3.63) is 35.4 Å². The Labute approximate surface area is 151 Å². The van der Waals surface area contributed by atoms with E-state index in [0.29, 0.717) is 6.10 Å². The highest BCUT2D eigenvalue weighted by atomic mass is 35.5. The van der Waals surface area contributed by atoms with E-state index in [2.05, 4.69) is 36.5 Å². The lowest BCUT2D eigenvalue weighted by Crippen LogP contribution is -2.50. The first-order chi connectivity index (χ1) is 11.3. The van der Waals surface area contributed by atoms with Gasteiger partial charge in [-0.25, -0.2) is 0 Å². The van der Waals surface area contributed by atoms with Gasteiger partial charge in [-0.1, -0.05) is 44.0 Å². The van der Waals surface area contributed by atoms with E-state index in [1.54, 1.807) is 0 Å². The molecular weight excluding hydrogens is 324 g/mol. The van der Waals surface area contributed by atoms with Crippen LogP contribution in [0.15, 0.2) is 24.3 Å². The fourth-order valence-electron chi connectivity index (χ4n) is 3.60. The van der Waals surface area contributed by atoms with Crippen molar-refractivity contribution >= 4 is 18.3 Å². The maximum absolute atomic E-state index is 12.6. The first kappa shape index (κ1) is 19.2. The fourth-order valence-corrected chi connectivity index (χ4v) is 3.60. The molecule has 5 heteroatoms. The van der Waals surface area contributed by atoms with Gasteiger partial charge in [0.2, 0.25) is 5.91 Å². The number of hydrogen-bond donors (Lipinski definition) is 1. The highest BCUT2D eigenvalue weighted by Crippen LogP contribution is 2.24. The van der Waals surface area contributed by atoms with E-state index in [-0.39, 0.29) is 31.0 Å². The topological polar surface area (TPSA) is 41.6 Å². The lowest BCUT2D eigenvalue weighted by molar-refractivity contribution is -0.141. The Kier molecular flexibility index (Phi) is 7.53. The molecule has 2 aliphatic rings. The van der Waals surface area contributed by atoms with Gasteiger partial charge in [0.05, 0.1) is 12.1 Å². The molecule has 1 N–H and O–H groups in total. The number of amides is 1. The Morgan fingerprint density at radius 3 is 2.62 bits per heavy atom. The van der Waals surface area contributed by atoms with Crippen LogP contribution in [0.25, 0.3) is 0 Å². The SMILES string of the molecule is CCc1ccc(C2CNCCN2C(=O)COC2CCCC2)cc1.Cl. The van der Waals surface area contributed by atoms with Gasteiger partial charge in [0, 0.05) is 19.6 Å². The third kappa shape index (κ3) is 4.71. The molecule has 24 heavy (non-hydrogen) atoms. The number of nitrogens with one attached hydrogen (secondary N) is 1. The number of nitrogens with zero attached hydrogens (tertiary/aromatic N) is 1. The molecule has 1 saturated heterocycles. The molecule has 0 aromatic heterocycles. The summed E-state index contributed by atoms with van der Waals surface area (Å²) in [5.74, 6) is 0.128. The summed E-state index contributed by atoms with van der Waals surface area (Å²) in [4.78, 5) is 14.6. The lowest BCUT2D eigenvalue weighted by Gasteiger charge is -2.36. The summed E-state index contributed by atoms with van der Waals surface area (Å²) in [7, 11) is 0. The van der Waals surface area contributed by atoms with Crippen LogP contribution < -0.4 is 5.32 Å². The second kappa shape index (κ2) is 9.40. The van der Waals surface area contributed by atoms with Gasteiger partial charge in [0.15, 0.2) is 0 Å². The van der Waals surface area contributed by atoms with Gasteiger partial charge in [-0.3, -0.25) is 4.79 Å². The van der Waals surface area contributed by atoms with E-state index in [1.165, 1.54) is 24.0 Å². The van der Waals surface area contributed by atoms with E-state index in [9.17, 15) is 4.79 Å². The molecule has 1 aromatic carbocycles. The van der Waals surface area contributed by atoms with Crippen molar-refractivity contribution in [3.63, 3.8) is 0 Å². The van der Waals surface area contributed by atoms with E-state index >= 15 is 0 Å². The van der Waals surface area contributed by atoms with Gasteiger partial charge < -0.3 is 15.0 Å². The van der Waals surface area contributed by atoms with Crippen molar-refractivity contribution in [1.29, 1.82) is 0 Å². The number of carbonyl (C=O) groups is 1. The average Bonchev–Trinajstić information content (AvgIpc) is 3.13. The molecule has 0 spiro atoms. The molecule has 134 valence electrons. The van der Waals surface area contributed by atoms with Crippen LogP contribution in [0.2, 0.25) is 0 Å². The number of ether oxygens (including phenoxy) is 1. The Morgan fingerprint density at radius 1 is 1.25 bits per heavy atom. The van der Waals surface area contributed by atoms with Gasteiger partial charge in [-0.05, 0) is 30.4 Å². The first-order valence-electron chi connectivity index (χ1n) is 8.98. The van der Waals surface area contributed by atoms with Gasteiger partial charge in [-0.15, -0.1) is 12.4 Å². The van der Waals surface area contributed by atoms with Crippen LogP contribution in [-0.4, -0.2) is 43.2 Å². The summed E-state index contributed by atoms with van der Waals surface area (Å²) in [5, 5.41) is 3.41. The second-order valence-electron chi connectivity index (χ2n) is 6.62. The Bertz CT molecular complexity index is 515. The van der Waals surface area contributed by atoms with Gasteiger partial charge >= 0.3 is 0 Å². The monoisotopic (exact) mass is 352 g/mol. The molecule has 3 rings (SSSR count). The van der Waals surface area contributed by atoms with Crippen LogP contribution in [0.5, 0.6) is 0 Å². The van der Waals surface area contributed by atoms with E-state index < -0.39 is 0 Å². The van der Waals surface area contributed by atoms with E-state index in [0.717, 1.165) is 38.9 Å². The van der Waals surface area contributed by atoms with Gasteiger partial charge in [0.25, 0.3) is 0 Å². The van der Waals surface area contributed by atoms with Crippen LogP contribution in [0, 0.1) is 0 Å². The predicted molar refractivity (Wildman–Crippen MR) is 98.6 cm³/mol. The minimum absolute atomic E-state index is 0. The van der Waals surface area contributed by atoms with Crippen molar-refractivity contribution in [1.82, 2.24) is 10.2 Å². The van der Waals surface area contributed by atoms with Crippen LogP contribution in [0.1, 0.15) is 49.8 Å². The zero-order valence-electron chi connectivity index (χ0n) is 14.5. The van der Waals surface area contributed by atoms with Crippen LogP contribution in [0.3, 0.4) is 0 Å². The molecule has 4 nitrogen and oxygen atoms in total. The average molecular weight is 353 g/mol. The number of aryl methyl sites for hydroxylation is 1. The second-order valence-corrected chi connectivity index (χ2v) is 6.62. The Morgan fingerprint density at radius 2 is 1.96 bits per heavy atom. The molecule has 1 heterocycles. The number of halogens is 1. The molecule has 1 aromatic rings. The van der Waals surface area contributed by atoms with E-state index in [1.807, 2.05) is 4.90 Å². The molecular formula is C19H29ClN2O2. The fraction of sp³-hybridized carbons (Fsp3) is 0.632. The van der Waals surface area contributed by atoms with Crippen molar-refractivity contribution in [2.75, 3.05) is 26.2 Å². The normalized spacial score (nSPS) is 21.5. The standard InChI is InChI=1S/C19H28N2O2.ClH/c1-2-15-7-9-16(10-8-15)18-13-20-11-12-21(18)19(22)14-23-17-5-3-4-6-17;/h7-10,17-18,20H,2-6,11-14H2,1H3;1H. The zero-order valence-corrected chi connectivity index (χ0v) is 15.3. The number of rotatable bonds is 5. The molecule has 0 radical (unpaired) electrons. The first-order valence-corrected chi connectivity index (χ1v) is 8.98. The molecule has 1 aliphatic heterocycles. The van der Waals surface area contributed by atoms with Crippen molar-refractivity contribution in [2.45, 2.75) is 51.2 Å². The summed E-state index contributed by atoms with van der Waals surface area (Å²) in [6, 6.07) is 8.78. The quantitative estimate of drug-likeness (QED) is 0.885. The zero-order chi connectivity index (χ0) is 16.1. The third-order valence-corrected chi connectivity index (χ3v) is 5.08. The molecule has 1 unspecified atom stereocenters. The molecule has 0 bridgehead atoms. The summed E-state index contributed by atoms with van der Waals surface area (Å²) >= 11 is 0. The lowest BCUT2D eigenvalue weighted by atomic mass is 10.0. The maximum atomic E-state index is 12.6. The number of carbonyl (C=O) groups excluding carboxylic acids is 1. The van der Waals surface area contributed by atoms with Crippen molar-refractivity contribution < 1.29 is 9.53 Å². The summed E-state index contributed by atoms with van der Waals surface area (Å²) in [6.07, 6.45) is 6.02. The predicted octanol–water partition coefficient (Wildman–Crippen LogP) is 3.10. The highest BCUT2D eigenvalue weighted by Gasteiger charge is 2.28. The van der Waals surface area contributed by atoms with Crippen LogP contribution in [0.4, 0.5) is 0 Å². The molecule has 2 fully saturated rings. The number of piperazine rings is 1. The minimum Gasteiger partial charge on any atom is -0.368 e. The number of hydrogen-bond acceptors (Lipinski definition) is 3. The molecule has 1 aliphatic carbocycles. The van der Waals surface area contributed by atoms with Gasteiger partial charge in [0.1, 0.15) is 6.61 Å². The highest BCUT2D eigenvalue weighted by molar-refractivity contribution is 5.85. The Hall–Kier alpha value is -1.10. The Balaban J connectivity index is 0.00000208. The van der Waals surface area contributed by atoms with Crippen molar-refractivity contribution in [3.8, 4) is 0 Å². The molecule has 1 amide bonds.